The minimum atomic E-state index is 1.01. The third kappa shape index (κ3) is 3.52. The number of hydrogen-bond acceptors (Lipinski definition) is 0. The van der Waals surface area contributed by atoms with Crippen LogP contribution >= 0.6 is 0 Å². The van der Waals surface area contributed by atoms with Gasteiger partial charge in [-0.3, -0.25) is 0 Å². The van der Waals surface area contributed by atoms with E-state index in [2.05, 4.69) is 20.8 Å². The van der Waals surface area contributed by atoms with E-state index in [0.717, 1.165) is 29.6 Å². The second kappa shape index (κ2) is 6.96. The molecule has 106 valence electrons. The molecule has 0 nitrogen and oxygen atoms in total. The van der Waals surface area contributed by atoms with Crippen LogP contribution in [0.25, 0.3) is 0 Å². The molecule has 18 heavy (non-hydrogen) atoms. The first-order valence-electron chi connectivity index (χ1n) is 8.74. The van der Waals surface area contributed by atoms with E-state index in [9.17, 15) is 0 Å². The van der Waals surface area contributed by atoms with Crippen molar-refractivity contribution in [3.8, 4) is 0 Å². The summed E-state index contributed by atoms with van der Waals surface area (Å²) in [5.74, 6) is 5.26. The fraction of sp³-hybridized carbons (Fsp3) is 1.00. The van der Waals surface area contributed by atoms with Gasteiger partial charge in [0, 0.05) is 0 Å². The van der Waals surface area contributed by atoms with Crippen molar-refractivity contribution in [1.82, 2.24) is 0 Å². The van der Waals surface area contributed by atoms with Crippen molar-refractivity contribution in [2.75, 3.05) is 0 Å². The Hall–Kier alpha value is 0. The maximum atomic E-state index is 2.58. The minimum Gasteiger partial charge on any atom is -0.0651 e. The van der Waals surface area contributed by atoms with Crippen molar-refractivity contribution >= 4 is 0 Å². The van der Waals surface area contributed by atoms with Crippen LogP contribution in [0.4, 0.5) is 0 Å². The van der Waals surface area contributed by atoms with Gasteiger partial charge in [-0.25, -0.2) is 0 Å². The van der Waals surface area contributed by atoms with E-state index in [-0.39, 0.29) is 0 Å². The fourth-order valence-electron chi connectivity index (χ4n) is 4.63. The van der Waals surface area contributed by atoms with Gasteiger partial charge in [0.2, 0.25) is 0 Å². The molecule has 2 rings (SSSR count). The van der Waals surface area contributed by atoms with Crippen LogP contribution in [0.2, 0.25) is 0 Å². The molecule has 0 spiro atoms. The van der Waals surface area contributed by atoms with E-state index >= 15 is 0 Å². The van der Waals surface area contributed by atoms with Gasteiger partial charge in [0.25, 0.3) is 0 Å². The summed E-state index contributed by atoms with van der Waals surface area (Å²) in [5.41, 5.74) is 0. The van der Waals surface area contributed by atoms with Crippen LogP contribution in [-0.4, -0.2) is 0 Å². The van der Waals surface area contributed by atoms with Crippen LogP contribution in [-0.2, 0) is 0 Å². The average molecular weight is 250 g/mol. The Balaban J connectivity index is 1.76. The first kappa shape index (κ1) is 14.4. The standard InChI is InChI=1S/C18H34/c1-4-15-6-10-17(11-7-15)14(3)18-12-8-16(5-2)9-13-18/h14-18H,4-13H2,1-3H3. The van der Waals surface area contributed by atoms with Crippen molar-refractivity contribution < 1.29 is 0 Å². The van der Waals surface area contributed by atoms with Gasteiger partial charge in [0.15, 0.2) is 0 Å². The molecule has 0 N–H and O–H groups in total. The van der Waals surface area contributed by atoms with E-state index < -0.39 is 0 Å². The summed E-state index contributed by atoms with van der Waals surface area (Å²) in [7, 11) is 0. The lowest BCUT2D eigenvalue weighted by Crippen LogP contribution is -2.28. The Morgan fingerprint density at radius 2 is 1.00 bits per heavy atom. The predicted molar refractivity (Wildman–Crippen MR) is 80.6 cm³/mol. The molecule has 0 aromatic rings. The molecule has 0 aromatic carbocycles. The molecule has 0 atom stereocenters. The van der Waals surface area contributed by atoms with Gasteiger partial charge in [-0.2, -0.15) is 0 Å². The van der Waals surface area contributed by atoms with Gasteiger partial charge in [0.1, 0.15) is 0 Å². The van der Waals surface area contributed by atoms with Crippen LogP contribution in [0.5, 0.6) is 0 Å². The summed E-state index contributed by atoms with van der Waals surface area (Å²) in [6.07, 6.45) is 15.1. The molecule has 0 unspecified atom stereocenters. The lowest BCUT2D eigenvalue weighted by molar-refractivity contribution is 0.123. The quantitative estimate of drug-likeness (QED) is 0.569. The summed E-state index contributed by atoms with van der Waals surface area (Å²) >= 11 is 0. The van der Waals surface area contributed by atoms with Crippen molar-refractivity contribution in [1.29, 1.82) is 0 Å². The summed E-state index contributed by atoms with van der Waals surface area (Å²) < 4.78 is 0. The first-order chi connectivity index (χ1) is 8.74. The van der Waals surface area contributed by atoms with Gasteiger partial charge >= 0.3 is 0 Å². The molecule has 2 fully saturated rings. The topological polar surface area (TPSA) is 0 Å². The SMILES string of the molecule is CCC1CCC(C(C)C2CCC(CC)CC2)CC1. The summed E-state index contributed by atoms with van der Waals surface area (Å²) in [6.45, 7) is 7.33. The van der Waals surface area contributed by atoms with Crippen LogP contribution < -0.4 is 0 Å². The van der Waals surface area contributed by atoms with E-state index in [1.54, 1.807) is 0 Å². The summed E-state index contributed by atoms with van der Waals surface area (Å²) in [4.78, 5) is 0. The summed E-state index contributed by atoms with van der Waals surface area (Å²) in [5, 5.41) is 0. The molecule has 0 amide bonds. The van der Waals surface area contributed by atoms with Crippen LogP contribution in [0.15, 0.2) is 0 Å². The highest BCUT2D eigenvalue weighted by Crippen LogP contribution is 2.42. The van der Waals surface area contributed by atoms with E-state index in [4.69, 9.17) is 0 Å². The van der Waals surface area contributed by atoms with Gasteiger partial charge in [-0.15, -0.1) is 0 Å². The van der Waals surface area contributed by atoms with Crippen LogP contribution in [0, 0.1) is 29.6 Å². The zero-order valence-corrected chi connectivity index (χ0v) is 13.0. The molecule has 2 aliphatic carbocycles. The lowest BCUT2D eigenvalue weighted by atomic mass is 9.67. The van der Waals surface area contributed by atoms with Crippen molar-refractivity contribution in [3.05, 3.63) is 0 Å². The number of rotatable bonds is 4. The van der Waals surface area contributed by atoms with E-state index in [0.29, 0.717) is 0 Å². The zero-order chi connectivity index (χ0) is 13.0. The Morgan fingerprint density at radius 3 is 1.28 bits per heavy atom. The Labute approximate surface area is 115 Å². The van der Waals surface area contributed by atoms with E-state index in [1.807, 2.05) is 0 Å². The molecular weight excluding hydrogens is 216 g/mol. The average Bonchev–Trinajstić information content (AvgIpc) is 2.47. The van der Waals surface area contributed by atoms with Gasteiger partial charge in [-0.05, 0) is 55.3 Å². The van der Waals surface area contributed by atoms with Crippen LogP contribution in [0.3, 0.4) is 0 Å². The van der Waals surface area contributed by atoms with Crippen molar-refractivity contribution in [2.45, 2.75) is 85.0 Å². The highest BCUT2D eigenvalue weighted by atomic mass is 14.4. The normalized spacial score (nSPS) is 39.5. The zero-order valence-electron chi connectivity index (χ0n) is 13.0. The smallest absolute Gasteiger partial charge is 0.0386 e. The molecule has 0 radical (unpaired) electrons. The second-order valence-electron chi connectivity index (χ2n) is 7.24. The highest BCUT2D eigenvalue weighted by Gasteiger charge is 2.31. The first-order valence-corrected chi connectivity index (χ1v) is 8.74. The van der Waals surface area contributed by atoms with Gasteiger partial charge in [-0.1, -0.05) is 59.3 Å². The molecule has 0 bridgehead atoms. The van der Waals surface area contributed by atoms with Crippen molar-refractivity contribution in [3.63, 3.8) is 0 Å². The number of hydrogen-bond donors (Lipinski definition) is 0. The molecule has 0 heteroatoms. The second-order valence-corrected chi connectivity index (χ2v) is 7.24. The Kier molecular flexibility index (Phi) is 5.57. The lowest BCUT2D eigenvalue weighted by Gasteiger charge is -2.39. The van der Waals surface area contributed by atoms with Gasteiger partial charge in [0.05, 0.1) is 0 Å². The molecule has 0 heterocycles. The molecule has 0 saturated heterocycles. The molecule has 2 aliphatic rings. The maximum absolute atomic E-state index is 2.58. The van der Waals surface area contributed by atoms with E-state index in [1.165, 1.54) is 64.2 Å². The monoisotopic (exact) mass is 250 g/mol. The molecule has 0 aromatic heterocycles. The fourth-order valence-corrected chi connectivity index (χ4v) is 4.63. The Morgan fingerprint density at radius 1 is 0.667 bits per heavy atom. The van der Waals surface area contributed by atoms with Gasteiger partial charge < -0.3 is 0 Å². The molecule has 0 aliphatic heterocycles. The van der Waals surface area contributed by atoms with Crippen LogP contribution in [0.1, 0.15) is 85.0 Å². The Bertz CT molecular complexity index is 192. The third-order valence-electron chi connectivity index (χ3n) is 6.42. The minimum absolute atomic E-state index is 1.01. The summed E-state index contributed by atoms with van der Waals surface area (Å²) in [6, 6.07) is 0. The molecule has 2 saturated carbocycles. The predicted octanol–water partition coefficient (Wildman–Crippen LogP) is 6.06. The maximum Gasteiger partial charge on any atom is -0.0386 e. The molecular formula is C18H34. The largest absolute Gasteiger partial charge is 0.0651 e. The highest BCUT2D eigenvalue weighted by molar-refractivity contribution is 4.82. The van der Waals surface area contributed by atoms with Crippen molar-refractivity contribution in [2.24, 2.45) is 29.6 Å². The third-order valence-corrected chi connectivity index (χ3v) is 6.42.